The topological polar surface area (TPSA) is 28.7 Å². The van der Waals surface area contributed by atoms with Crippen LogP contribution in [0.5, 0.6) is 0 Å². The lowest BCUT2D eigenvalue weighted by Crippen LogP contribution is -2.23. The van der Waals surface area contributed by atoms with Gasteiger partial charge in [0.25, 0.3) is 0 Å². The van der Waals surface area contributed by atoms with Gasteiger partial charge in [-0.1, -0.05) is 32.5 Å². The van der Waals surface area contributed by atoms with Gasteiger partial charge in [-0.05, 0) is 25.7 Å². The third-order valence-electron chi connectivity index (χ3n) is 4.33. The van der Waals surface area contributed by atoms with Gasteiger partial charge in [0.1, 0.15) is 10.5 Å². The van der Waals surface area contributed by atoms with E-state index in [0.29, 0.717) is 10.5 Å². The Morgan fingerprint density at radius 2 is 1.95 bits per heavy atom. The molecule has 0 saturated carbocycles. The van der Waals surface area contributed by atoms with Gasteiger partial charge in [-0.15, -0.1) is 11.8 Å². The summed E-state index contributed by atoms with van der Waals surface area (Å²) in [4.78, 5) is 8.38. The van der Waals surface area contributed by atoms with Gasteiger partial charge in [0.15, 0.2) is 0 Å². The number of fused-ring (bicyclic) bond motifs is 1. The van der Waals surface area contributed by atoms with Crippen LogP contribution in [0.3, 0.4) is 0 Å². The van der Waals surface area contributed by atoms with Gasteiger partial charge in [0.2, 0.25) is 0 Å². The summed E-state index contributed by atoms with van der Waals surface area (Å²) in [5.74, 6) is 2.26. The van der Waals surface area contributed by atoms with E-state index >= 15 is 0 Å². The summed E-state index contributed by atoms with van der Waals surface area (Å²) in [6, 6.07) is 0. The van der Waals surface area contributed by atoms with Gasteiger partial charge in [-0.3, -0.25) is 0 Å². The molecule has 0 aromatic carbocycles. The molecule has 110 valence electrons. The van der Waals surface area contributed by atoms with Crippen molar-refractivity contribution >= 4 is 35.7 Å². The van der Waals surface area contributed by atoms with E-state index in [-0.39, 0.29) is 0 Å². The Morgan fingerprint density at radius 1 is 1.15 bits per heavy atom. The minimum absolute atomic E-state index is 0.474. The molecule has 1 N–H and O–H groups in total. The Balaban J connectivity index is 1.89. The molecule has 2 nitrogen and oxygen atoms in total. The molecule has 1 aliphatic heterocycles. The average molecular weight is 327 g/mol. The number of hydrogen-bond donors (Lipinski definition) is 1. The number of aromatic nitrogens is 2. The predicted molar refractivity (Wildman–Crippen MR) is 92.4 cm³/mol. The van der Waals surface area contributed by atoms with Crippen LogP contribution < -0.4 is 0 Å². The minimum atomic E-state index is 0.474. The molecule has 20 heavy (non-hydrogen) atoms. The maximum atomic E-state index is 5.56. The number of rotatable bonds is 1. The van der Waals surface area contributed by atoms with Crippen molar-refractivity contribution in [2.75, 3.05) is 5.75 Å². The Kier molecular flexibility index (Phi) is 4.78. The van der Waals surface area contributed by atoms with Gasteiger partial charge in [0, 0.05) is 27.5 Å². The van der Waals surface area contributed by atoms with E-state index < -0.39 is 0 Å². The molecule has 3 rings (SSSR count). The summed E-state index contributed by atoms with van der Waals surface area (Å²) in [5.41, 5.74) is 2.69. The van der Waals surface area contributed by atoms with Crippen molar-refractivity contribution in [1.82, 2.24) is 9.97 Å². The second-order valence-corrected chi connectivity index (χ2v) is 9.19. The quantitative estimate of drug-likeness (QED) is 0.598. The van der Waals surface area contributed by atoms with Crippen LogP contribution in [0.15, 0.2) is 0 Å². The second kappa shape index (κ2) is 6.41. The highest BCUT2D eigenvalue weighted by molar-refractivity contribution is 8.07. The minimum Gasteiger partial charge on any atom is -0.346 e. The fourth-order valence-electron chi connectivity index (χ4n) is 2.90. The molecule has 1 aromatic rings. The second-order valence-electron chi connectivity index (χ2n) is 5.81. The third-order valence-corrected chi connectivity index (χ3v) is 8.07. The zero-order valence-electron chi connectivity index (χ0n) is 12.1. The summed E-state index contributed by atoms with van der Waals surface area (Å²) >= 11 is 9.67. The van der Waals surface area contributed by atoms with Crippen molar-refractivity contribution in [1.29, 1.82) is 0 Å². The molecule has 0 radical (unpaired) electrons. The molecule has 2 aliphatic rings. The highest BCUT2D eigenvalue weighted by atomic mass is 32.2. The summed E-state index contributed by atoms with van der Waals surface area (Å²) in [6.07, 6.45) is 6.11. The van der Waals surface area contributed by atoms with Crippen LogP contribution in [0, 0.1) is 4.64 Å². The van der Waals surface area contributed by atoms with E-state index in [1.54, 1.807) is 0 Å². The summed E-state index contributed by atoms with van der Waals surface area (Å²) in [7, 11) is 0. The lowest BCUT2D eigenvalue weighted by atomic mass is 10.1. The van der Waals surface area contributed by atoms with Crippen LogP contribution in [-0.2, 0) is 12.8 Å². The Bertz CT molecular complexity index is 540. The van der Waals surface area contributed by atoms with Crippen molar-refractivity contribution in [2.45, 2.75) is 61.7 Å². The number of aromatic amines is 1. The molecular formula is C15H22N2S3. The molecule has 1 aromatic heterocycles. The largest absolute Gasteiger partial charge is 0.346 e. The monoisotopic (exact) mass is 326 g/mol. The molecular weight excluding hydrogens is 304 g/mol. The highest BCUT2D eigenvalue weighted by Gasteiger charge is 2.28. The molecule has 0 amide bonds. The fourth-order valence-corrected chi connectivity index (χ4v) is 6.08. The lowest BCUT2D eigenvalue weighted by molar-refractivity contribution is 0.708. The van der Waals surface area contributed by atoms with E-state index in [4.69, 9.17) is 17.2 Å². The molecule has 5 heteroatoms. The van der Waals surface area contributed by atoms with Crippen molar-refractivity contribution in [3.63, 3.8) is 0 Å². The van der Waals surface area contributed by atoms with Crippen molar-refractivity contribution in [3.05, 3.63) is 21.7 Å². The van der Waals surface area contributed by atoms with E-state index in [1.807, 2.05) is 0 Å². The number of thioether (sulfide) groups is 2. The maximum absolute atomic E-state index is 5.56. The summed E-state index contributed by atoms with van der Waals surface area (Å²) < 4.78 is 0.854. The number of aryl methyl sites for hydroxylation is 1. The van der Waals surface area contributed by atoms with Crippen LogP contribution in [0.2, 0.25) is 0 Å². The van der Waals surface area contributed by atoms with Crippen LogP contribution in [-0.4, -0.2) is 26.2 Å². The number of nitrogens with one attached hydrogen (secondary N) is 1. The van der Waals surface area contributed by atoms with E-state index in [1.165, 1.54) is 30.5 Å². The first kappa shape index (κ1) is 14.9. The summed E-state index contributed by atoms with van der Waals surface area (Å²) in [6.45, 7) is 4.65. The molecule has 1 aliphatic carbocycles. The zero-order valence-corrected chi connectivity index (χ0v) is 14.6. The van der Waals surface area contributed by atoms with E-state index in [9.17, 15) is 0 Å². The first-order valence-electron chi connectivity index (χ1n) is 7.54. The normalized spacial score (nSPS) is 30.6. The van der Waals surface area contributed by atoms with Crippen molar-refractivity contribution < 1.29 is 0 Å². The van der Waals surface area contributed by atoms with Crippen LogP contribution >= 0.6 is 35.7 Å². The number of nitrogens with zero attached hydrogens (tertiary/aromatic N) is 1. The maximum Gasteiger partial charge on any atom is 0.133 e. The van der Waals surface area contributed by atoms with Crippen molar-refractivity contribution in [3.8, 4) is 0 Å². The SMILES string of the molecule is CC1SCC(c2nc(=S)c3c([nH]2)CCCCC3)SC1C. The lowest BCUT2D eigenvalue weighted by Gasteiger charge is -2.31. The van der Waals surface area contributed by atoms with Crippen LogP contribution in [0.25, 0.3) is 0 Å². The first-order chi connectivity index (χ1) is 9.65. The number of H-pyrrole nitrogens is 1. The van der Waals surface area contributed by atoms with E-state index in [2.05, 4.69) is 42.4 Å². The molecule has 2 heterocycles. The molecule has 1 saturated heterocycles. The molecule has 1 fully saturated rings. The molecule has 0 bridgehead atoms. The standard InChI is InChI=1S/C15H22N2S3/c1-9-10(2)20-13(8-19-9)14-16-12-7-5-3-4-6-11(12)15(18)17-14/h9-10,13H,3-8H2,1-2H3,(H,16,17,18). The van der Waals surface area contributed by atoms with Gasteiger partial charge in [-0.25, -0.2) is 4.98 Å². The third kappa shape index (κ3) is 3.09. The van der Waals surface area contributed by atoms with Gasteiger partial charge in [0.05, 0.1) is 5.25 Å². The molecule has 0 spiro atoms. The highest BCUT2D eigenvalue weighted by Crippen LogP contribution is 2.43. The van der Waals surface area contributed by atoms with Gasteiger partial charge < -0.3 is 4.98 Å². The first-order valence-corrected chi connectivity index (χ1v) is 9.94. The van der Waals surface area contributed by atoms with Gasteiger partial charge >= 0.3 is 0 Å². The Morgan fingerprint density at radius 3 is 2.75 bits per heavy atom. The smallest absolute Gasteiger partial charge is 0.133 e. The van der Waals surface area contributed by atoms with Crippen molar-refractivity contribution in [2.24, 2.45) is 0 Å². The van der Waals surface area contributed by atoms with Crippen LogP contribution in [0.4, 0.5) is 0 Å². The Labute approximate surface area is 134 Å². The Hall–Kier alpha value is -0.000000000000000111. The summed E-state index contributed by atoms with van der Waals surface area (Å²) in [5, 5.41) is 1.89. The van der Waals surface area contributed by atoms with Gasteiger partial charge in [-0.2, -0.15) is 11.8 Å². The zero-order chi connectivity index (χ0) is 14.1. The van der Waals surface area contributed by atoms with E-state index in [0.717, 1.165) is 34.3 Å². The molecule has 3 unspecified atom stereocenters. The number of hydrogen-bond acceptors (Lipinski definition) is 4. The average Bonchev–Trinajstić information content (AvgIpc) is 2.67. The fraction of sp³-hybridized carbons (Fsp3) is 0.733. The molecule has 3 atom stereocenters. The predicted octanol–water partition coefficient (Wildman–Crippen LogP) is 4.71. The van der Waals surface area contributed by atoms with Crippen LogP contribution in [0.1, 0.15) is 55.4 Å².